The second-order valence-corrected chi connectivity index (χ2v) is 3.86. The van der Waals surface area contributed by atoms with Crippen molar-refractivity contribution in [1.29, 1.82) is 0 Å². The number of rotatable bonds is 1. The van der Waals surface area contributed by atoms with E-state index < -0.39 is 24.2 Å². The Bertz CT molecular complexity index is 254. The average molecular weight is 224 g/mol. The number of carbonyl (C=O) groups excluding carboxylic acids is 1. The zero-order valence-corrected chi connectivity index (χ0v) is 8.60. The Morgan fingerprint density at radius 3 is 2.40 bits per heavy atom. The normalized spacial score (nSPS) is 27.9. The minimum absolute atomic E-state index is 0.0907. The molecule has 0 aromatic heterocycles. The average Bonchev–Trinajstić information content (AvgIpc) is 2.15. The molecule has 1 heterocycles. The van der Waals surface area contributed by atoms with Crippen molar-refractivity contribution >= 4 is 5.91 Å². The van der Waals surface area contributed by atoms with Gasteiger partial charge >= 0.3 is 6.18 Å². The number of piperidine rings is 1. The van der Waals surface area contributed by atoms with Gasteiger partial charge in [0.05, 0.1) is 0 Å². The Balaban J connectivity index is 3.07. The lowest BCUT2D eigenvalue weighted by molar-refractivity contribution is -0.236. The first kappa shape index (κ1) is 12.3. The zero-order chi connectivity index (χ0) is 11.7. The molecule has 1 unspecified atom stereocenters. The quantitative estimate of drug-likeness (QED) is 0.729. The number of nitrogens with zero attached hydrogens (tertiary/aromatic N) is 1. The number of hydrogen-bond acceptors (Lipinski definition) is 2. The third-order valence-electron chi connectivity index (χ3n) is 2.98. The Kier molecular flexibility index (Phi) is 3.28. The fourth-order valence-electron chi connectivity index (χ4n) is 2.12. The van der Waals surface area contributed by atoms with Crippen molar-refractivity contribution in [3.8, 4) is 0 Å². The Morgan fingerprint density at radius 1 is 1.47 bits per heavy atom. The van der Waals surface area contributed by atoms with Gasteiger partial charge in [-0.1, -0.05) is 0 Å². The topological polar surface area (TPSA) is 46.3 Å². The summed E-state index contributed by atoms with van der Waals surface area (Å²) in [5, 5.41) is 0. The van der Waals surface area contributed by atoms with Crippen molar-refractivity contribution in [3.05, 3.63) is 0 Å². The predicted octanol–water partition coefficient (Wildman–Crippen LogP) is 1.28. The first-order valence-corrected chi connectivity index (χ1v) is 4.90. The second-order valence-electron chi connectivity index (χ2n) is 3.86. The van der Waals surface area contributed by atoms with E-state index in [2.05, 4.69) is 0 Å². The Morgan fingerprint density at radius 2 is 2.07 bits per heavy atom. The summed E-state index contributed by atoms with van der Waals surface area (Å²) in [7, 11) is 0. The molecule has 0 aromatic rings. The number of amides is 1. The third-order valence-corrected chi connectivity index (χ3v) is 2.98. The number of hydrogen-bond donors (Lipinski definition) is 1. The highest BCUT2D eigenvalue weighted by Crippen LogP contribution is 2.41. The lowest BCUT2D eigenvalue weighted by atomic mass is 9.85. The van der Waals surface area contributed by atoms with Gasteiger partial charge in [0.25, 0.3) is 0 Å². The van der Waals surface area contributed by atoms with E-state index in [9.17, 15) is 18.0 Å². The van der Waals surface area contributed by atoms with E-state index in [-0.39, 0.29) is 13.0 Å². The summed E-state index contributed by atoms with van der Waals surface area (Å²) in [4.78, 5) is 12.1. The maximum Gasteiger partial charge on any atom is 0.412 e. The van der Waals surface area contributed by atoms with Crippen LogP contribution in [0.3, 0.4) is 0 Å². The monoisotopic (exact) mass is 224 g/mol. The van der Waals surface area contributed by atoms with Crippen molar-refractivity contribution in [2.75, 3.05) is 13.1 Å². The molecule has 3 nitrogen and oxygen atoms in total. The number of likely N-dealkylation sites (tertiary alicyclic amines) is 1. The van der Waals surface area contributed by atoms with Gasteiger partial charge in [0.2, 0.25) is 5.91 Å². The number of carbonyl (C=O) groups is 1. The van der Waals surface area contributed by atoms with Crippen LogP contribution in [0.5, 0.6) is 0 Å². The van der Waals surface area contributed by atoms with Gasteiger partial charge in [0, 0.05) is 20.0 Å². The SMILES string of the molecule is CC(=O)N1CCCCC1(CN)C(F)(F)F. The number of halogens is 3. The van der Waals surface area contributed by atoms with E-state index in [1.807, 2.05) is 0 Å². The van der Waals surface area contributed by atoms with E-state index in [0.29, 0.717) is 12.8 Å². The van der Waals surface area contributed by atoms with E-state index in [4.69, 9.17) is 5.73 Å². The fraction of sp³-hybridized carbons (Fsp3) is 0.889. The lowest BCUT2D eigenvalue weighted by Gasteiger charge is -2.47. The van der Waals surface area contributed by atoms with Crippen LogP contribution in [0.15, 0.2) is 0 Å². The summed E-state index contributed by atoms with van der Waals surface area (Å²) in [5.41, 5.74) is 3.10. The molecule has 1 fully saturated rings. The highest BCUT2D eigenvalue weighted by Gasteiger charge is 2.59. The zero-order valence-electron chi connectivity index (χ0n) is 8.60. The van der Waals surface area contributed by atoms with Crippen molar-refractivity contribution in [1.82, 2.24) is 4.90 Å². The molecule has 0 saturated carbocycles. The lowest BCUT2D eigenvalue weighted by Crippen LogP contribution is -2.66. The van der Waals surface area contributed by atoms with Crippen LogP contribution in [0, 0.1) is 0 Å². The van der Waals surface area contributed by atoms with E-state index >= 15 is 0 Å². The maximum absolute atomic E-state index is 12.9. The molecule has 6 heteroatoms. The molecular formula is C9H15F3N2O. The summed E-state index contributed by atoms with van der Waals surface area (Å²) < 4.78 is 38.8. The van der Waals surface area contributed by atoms with Crippen molar-refractivity contribution in [2.45, 2.75) is 37.9 Å². The summed E-state index contributed by atoms with van der Waals surface area (Å²) >= 11 is 0. The highest BCUT2D eigenvalue weighted by molar-refractivity contribution is 5.74. The molecule has 0 spiro atoms. The maximum atomic E-state index is 12.9. The molecule has 0 aliphatic carbocycles. The molecule has 0 aromatic carbocycles. The molecule has 1 saturated heterocycles. The first-order valence-electron chi connectivity index (χ1n) is 4.90. The van der Waals surface area contributed by atoms with Crippen LogP contribution in [0.2, 0.25) is 0 Å². The number of alkyl halides is 3. The molecule has 1 atom stereocenters. The third kappa shape index (κ3) is 1.95. The summed E-state index contributed by atoms with van der Waals surface area (Å²) in [6.07, 6.45) is -3.47. The molecule has 1 amide bonds. The van der Waals surface area contributed by atoms with E-state index in [1.54, 1.807) is 0 Å². The van der Waals surface area contributed by atoms with Crippen LogP contribution in [-0.4, -0.2) is 35.6 Å². The van der Waals surface area contributed by atoms with Crippen molar-refractivity contribution in [2.24, 2.45) is 5.73 Å². The minimum atomic E-state index is -4.45. The van der Waals surface area contributed by atoms with Crippen LogP contribution in [-0.2, 0) is 4.79 Å². The molecule has 88 valence electrons. The molecule has 1 aliphatic heterocycles. The van der Waals surface area contributed by atoms with Crippen molar-refractivity contribution in [3.63, 3.8) is 0 Å². The standard InChI is InChI=1S/C9H15F3N2O/c1-7(15)14-5-3-2-4-8(14,6-13)9(10,11)12/h2-6,13H2,1H3. The number of nitrogens with two attached hydrogens (primary N) is 1. The van der Waals surface area contributed by atoms with Gasteiger partial charge in [-0.3, -0.25) is 4.79 Å². The van der Waals surface area contributed by atoms with Crippen molar-refractivity contribution < 1.29 is 18.0 Å². The van der Waals surface area contributed by atoms with Gasteiger partial charge in [-0.05, 0) is 19.3 Å². The molecule has 0 radical (unpaired) electrons. The van der Waals surface area contributed by atoms with Gasteiger partial charge in [-0.2, -0.15) is 13.2 Å². The van der Waals surface area contributed by atoms with Crippen LogP contribution < -0.4 is 5.73 Å². The minimum Gasteiger partial charge on any atom is -0.328 e. The molecular weight excluding hydrogens is 209 g/mol. The van der Waals surface area contributed by atoms with Crippen LogP contribution in [0.1, 0.15) is 26.2 Å². The van der Waals surface area contributed by atoms with E-state index in [1.165, 1.54) is 0 Å². The van der Waals surface area contributed by atoms with Crippen LogP contribution in [0.4, 0.5) is 13.2 Å². The molecule has 0 bridgehead atoms. The van der Waals surface area contributed by atoms with Gasteiger partial charge in [0.1, 0.15) is 0 Å². The molecule has 1 rings (SSSR count). The molecule has 2 N–H and O–H groups in total. The van der Waals surface area contributed by atoms with Gasteiger partial charge in [-0.25, -0.2) is 0 Å². The Labute approximate surface area is 86.4 Å². The van der Waals surface area contributed by atoms with E-state index in [0.717, 1.165) is 11.8 Å². The van der Waals surface area contributed by atoms with Gasteiger partial charge in [-0.15, -0.1) is 0 Å². The smallest absolute Gasteiger partial charge is 0.328 e. The summed E-state index contributed by atoms with van der Waals surface area (Å²) in [6.45, 7) is 0.740. The van der Waals surface area contributed by atoms with Gasteiger partial charge in [0.15, 0.2) is 5.54 Å². The summed E-state index contributed by atoms with van der Waals surface area (Å²) in [6, 6.07) is 0. The summed E-state index contributed by atoms with van der Waals surface area (Å²) in [5.74, 6) is -0.558. The van der Waals surface area contributed by atoms with Gasteiger partial charge < -0.3 is 10.6 Å². The molecule has 1 aliphatic rings. The molecule has 15 heavy (non-hydrogen) atoms. The highest BCUT2D eigenvalue weighted by atomic mass is 19.4. The second kappa shape index (κ2) is 4.00. The first-order chi connectivity index (χ1) is 6.85. The largest absolute Gasteiger partial charge is 0.412 e. The Hall–Kier alpha value is -0.780. The van der Waals surface area contributed by atoms with Crippen LogP contribution in [0.25, 0.3) is 0 Å². The fourth-order valence-corrected chi connectivity index (χ4v) is 2.12. The van der Waals surface area contributed by atoms with Crippen LogP contribution >= 0.6 is 0 Å². The predicted molar refractivity (Wildman–Crippen MR) is 49.1 cm³/mol.